The maximum atomic E-state index is 11.1. The summed E-state index contributed by atoms with van der Waals surface area (Å²) in [6.45, 7) is 8.45. The Kier molecular flexibility index (Phi) is 6.49. The third kappa shape index (κ3) is 4.99. The number of hydrogen-bond acceptors (Lipinski definition) is 6. The van der Waals surface area contributed by atoms with Gasteiger partial charge in [-0.2, -0.15) is 4.80 Å². The largest absolute Gasteiger partial charge is 0.494 e. The van der Waals surface area contributed by atoms with E-state index in [-0.39, 0.29) is 6.04 Å². The summed E-state index contributed by atoms with van der Waals surface area (Å²) < 4.78 is 5.79. The molecule has 1 aliphatic rings. The fourth-order valence-electron chi connectivity index (χ4n) is 3.51. The van der Waals surface area contributed by atoms with Gasteiger partial charge in [0.05, 0.1) is 18.2 Å². The summed E-state index contributed by atoms with van der Waals surface area (Å²) in [5.41, 5.74) is 1.04. The molecule has 2 heterocycles. The van der Waals surface area contributed by atoms with Crippen LogP contribution in [0, 0.1) is 12.8 Å². The molecule has 2 aromatic rings. The Morgan fingerprint density at radius 1 is 1.32 bits per heavy atom. The van der Waals surface area contributed by atoms with Crippen LogP contribution in [0.15, 0.2) is 18.2 Å². The zero-order valence-corrected chi connectivity index (χ0v) is 16.8. The molecule has 1 aromatic carbocycles. The molecule has 0 spiro atoms. The molecule has 8 heteroatoms. The van der Waals surface area contributed by atoms with Crippen molar-refractivity contribution >= 4 is 11.9 Å². The number of aryl methyl sites for hydroxylation is 1. The topological polar surface area (TPSA) is 93.4 Å². The fraction of sp³-hybridized carbons (Fsp3) is 0.600. The number of carbonyl (C=O) groups is 1. The van der Waals surface area contributed by atoms with Gasteiger partial charge in [0.2, 0.25) is 0 Å². The Morgan fingerprint density at radius 2 is 2.07 bits per heavy atom. The third-order valence-corrected chi connectivity index (χ3v) is 5.23. The zero-order valence-electron chi connectivity index (χ0n) is 16.8. The van der Waals surface area contributed by atoms with Crippen molar-refractivity contribution in [1.29, 1.82) is 0 Å². The Hall–Kier alpha value is -2.64. The molecule has 0 saturated carbocycles. The lowest BCUT2D eigenvalue weighted by Crippen LogP contribution is -2.34. The van der Waals surface area contributed by atoms with Crippen LogP contribution in [0.25, 0.3) is 0 Å². The summed E-state index contributed by atoms with van der Waals surface area (Å²) in [6.07, 6.45) is 4.38. The SMILES string of the molecule is Cc1cc(OCCCC2CCN(c3nnn(C(C)C)n3)CC2)ccc1C(=O)O. The van der Waals surface area contributed by atoms with E-state index in [1.54, 1.807) is 29.9 Å². The molecule has 0 aliphatic carbocycles. The first-order valence-corrected chi connectivity index (χ1v) is 9.95. The lowest BCUT2D eigenvalue weighted by molar-refractivity contribution is 0.0696. The van der Waals surface area contributed by atoms with Gasteiger partial charge in [0.1, 0.15) is 5.75 Å². The van der Waals surface area contributed by atoms with E-state index >= 15 is 0 Å². The van der Waals surface area contributed by atoms with Gasteiger partial charge in [-0.15, -0.1) is 5.10 Å². The molecule has 1 aromatic heterocycles. The summed E-state index contributed by atoms with van der Waals surface area (Å²) in [7, 11) is 0. The molecule has 3 rings (SSSR count). The van der Waals surface area contributed by atoms with Crippen molar-refractivity contribution < 1.29 is 14.6 Å². The molecule has 1 aliphatic heterocycles. The van der Waals surface area contributed by atoms with Crippen molar-refractivity contribution in [3.63, 3.8) is 0 Å². The van der Waals surface area contributed by atoms with Crippen molar-refractivity contribution in [3.8, 4) is 5.75 Å². The second-order valence-corrected chi connectivity index (χ2v) is 7.71. The maximum absolute atomic E-state index is 11.1. The first-order valence-electron chi connectivity index (χ1n) is 9.95. The average molecular weight is 387 g/mol. The highest BCUT2D eigenvalue weighted by Crippen LogP contribution is 2.24. The smallest absolute Gasteiger partial charge is 0.335 e. The lowest BCUT2D eigenvalue weighted by atomic mass is 9.92. The van der Waals surface area contributed by atoms with Crippen molar-refractivity contribution in [2.75, 3.05) is 24.6 Å². The van der Waals surface area contributed by atoms with E-state index in [1.165, 1.54) is 0 Å². The van der Waals surface area contributed by atoms with Crippen LogP contribution in [0.4, 0.5) is 5.95 Å². The van der Waals surface area contributed by atoms with Crippen LogP contribution in [-0.4, -0.2) is 51.0 Å². The zero-order chi connectivity index (χ0) is 20.1. The average Bonchev–Trinajstić information content (AvgIpc) is 3.16. The highest BCUT2D eigenvalue weighted by Gasteiger charge is 2.22. The number of carboxylic acids is 1. The molecule has 0 radical (unpaired) electrons. The van der Waals surface area contributed by atoms with E-state index in [9.17, 15) is 4.79 Å². The summed E-state index contributed by atoms with van der Waals surface area (Å²) in [5.74, 6) is 1.25. The molecule has 1 fully saturated rings. The summed E-state index contributed by atoms with van der Waals surface area (Å²) in [4.78, 5) is 14.9. The number of aromatic nitrogens is 4. The molecule has 1 N–H and O–H groups in total. The standard InChI is InChI=1S/C20H29N5O3/c1-14(2)25-22-20(21-23-25)24-10-8-16(9-11-24)5-4-12-28-17-6-7-18(19(26)27)15(3)13-17/h6-7,13-14,16H,4-5,8-12H2,1-3H3,(H,26,27). The molecule has 0 unspecified atom stereocenters. The Labute approximate surface area is 165 Å². The van der Waals surface area contributed by atoms with E-state index in [0.717, 1.165) is 56.0 Å². The van der Waals surface area contributed by atoms with Gasteiger partial charge >= 0.3 is 5.97 Å². The Bertz CT molecular complexity index is 797. The molecular formula is C20H29N5O3. The number of carboxylic acid groups (broad SMARTS) is 1. The van der Waals surface area contributed by atoms with Crippen LogP contribution in [0.2, 0.25) is 0 Å². The highest BCUT2D eigenvalue weighted by atomic mass is 16.5. The van der Waals surface area contributed by atoms with Crippen molar-refractivity contribution in [1.82, 2.24) is 20.2 Å². The number of tetrazole rings is 1. The van der Waals surface area contributed by atoms with Gasteiger partial charge in [0, 0.05) is 13.1 Å². The van der Waals surface area contributed by atoms with E-state index in [4.69, 9.17) is 9.84 Å². The van der Waals surface area contributed by atoms with Crippen LogP contribution in [0.5, 0.6) is 5.75 Å². The quantitative estimate of drug-likeness (QED) is 0.694. The van der Waals surface area contributed by atoms with Gasteiger partial charge < -0.3 is 14.7 Å². The highest BCUT2D eigenvalue weighted by molar-refractivity contribution is 5.89. The molecule has 8 nitrogen and oxygen atoms in total. The lowest BCUT2D eigenvalue weighted by Gasteiger charge is -2.30. The maximum Gasteiger partial charge on any atom is 0.335 e. The van der Waals surface area contributed by atoms with E-state index in [1.807, 2.05) is 13.8 Å². The predicted octanol–water partition coefficient (Wildman–Crippen LogP) is 3.34. The normalized spacial score (nSPS) is 15.2. The third-order valence-electron chi connectivity index (χ3n) is 5.23. The van der Waals surface area contributed by atoms with E-state index < -0.39 is 5.97 Å². The van der Waals surface area contributed by atoms with Crippen LogP contribution in [0.1, 0.15) is 61.5 Å². The number of aromatic carboxylic acids is 1. The molecular weight excluding hydrogens is 358 g/mol. The van der Waals surface area contributed by atoms with Crippen LogP contribution in [0.3, 0.4) is 0 Å². The molecule has 0 amide bonds. The Balaban J connectivity index is 1.37. The van der Waals surface area contributed by atoms with Gasteiger partial charge in [0.25, 0.3) is 5.95 Å². The minimum atomic E-state index is -0.905. The van der Waals surface area contributed by atoms with Crippen LogP contribution >= 0.6 is 0 Å². The molecule has 0 atom stereocenters. The molecule has 28 heavy (non-hydrogen) atoms. The number of ether oxygens (including phenoxy) is 1. The van der Waals surface area contributed by atoms with E-state index in [2.05, 4.69) is 20.3 Å². The minimum absolute atomic E-state index is 0.225. The fourth-order valence-corrected chi connectivity index (χ4v) is 3.51. The van der Waals surface area contributed by atoms with Gasteiger partial charge in [0.15, 0.2) is 0 Å². The Morgan fingerprint density at radius 3 is 2.68 bits per heavy atom. The second kappa shape index (κ2) is 9.03. The number of piperidine rings is 1. The first kappa shape index (κ1) is 20.1. The van der Waals surface area contributed by atoms with Crippen LogP contribution < -0.4 is 9.64 Å². The predicted molar refractivity (Wildman–Crippen MR) is 106 cm³/mol. The number of benzene rings is 1. The van der Waals surface area contributed by atoms with Crippen molar-refractivity contribution in [3.05, 3.63) is 29.3 Å². The van der Waals surface area contributed by atoms with Gasteiger partial charge in [-0.3, -0.25) is 0 Å². The number of rotatable bonds is 8. The number of nitrogens with zero attached hydrogens (tertiary/aromatic N) is 5. The summed E-state index contributed by atoms with van der Waals surface area (Å²) in [5, 5.41) is 21.8. The monoisotopic (exact) mass is 387 g/mol. The number of hydrogen-bond donors (Lipinski definition) is 1. The van der Waals surface area contributed by atoms with Gasteiger partial charge in [-0.25, -0.2) is 4.79 Å². The van der Waals surface area contributed by atoms with Crippen LogP contribution in [-0.2, 0) is 0 Å². The van der Waals surface area contributed by atoms with Gasteiger partial charge in [-0.05, 0) is 81.3 Å². The van der Waals surface area contributed by atoms with Crippen molar-refractivity contribution in [2.45, 2.75) is 52.5 Å². The summed E-state index contributed by atoms with van der Waals surface area (Å²) in [6, 6.07) is 5.35. The van der Waals surface area contributed by atoms with E-state index in [0.29, 0.717) is 18.1 Å². The first-order chi connectivity index (χ1) is 13.4. The van der Waals surface area contributed by atoms with Gasteiger partial charge in [-0.1, -0.05) is 5.10 Å². The number of anilines is 1. The summed E-state index contributed by atoms with van der Waals surface area (Å²) >= 11 is 0. The molecule has 1 saturated heterocycles. The molecule has 152 valence electrons. The van der Waals surface area contributed by atoms with Crippen molar-refractivity contribution in [2.24, 2.45) is 5.92 Å². The minimum Gasteiger partial charge on any atom is -0.494 e. The second-order valence-electron chi connectivity index (χ2n) is 7.71. The molecule has 0 bridgehead atoms.